The van der Waals surface area contributed by atoms with Crippen LogP contribution < -0.4 is 4.74 Å². The summed E-state index contributed by atoms with van der Waals surface area (Å²) >= 11 is 12.0. The summed E-state index contributed by atoms with van der Waals surface area (Å²) in [6, 6.07) is 13.3. The molecular weight excluding hydrogens is 442 g/mol. The zero-order chi connectivity index (χ0) is 17.8. The molecule has 0 N–H and O–H groups in total. The number of carbonyl (C=O) groups excluding carboxylic acids is 1. The van der Waals surface area contributed by atoms with Crippen molar-refractivity contribution in [1.82, 2.24) is 0 Å². The maximum absolute atomic E-state index is 12.2. The molecule has 128 valence electrons. The number of ether oxygens (including phenoxy) is 1. The third-order valence-electron chi connectivity index (χ3n) is 3.36. The van der Waals surface area contributed by atoms with Crippen molar-refractivity contribution in [2.45, 2.75) is 5.75 Å². The molecule has 2 aromatic rings. The van der Waals surface area contributed by atoms with Gasteiger partial charge in [-0.15, -0.1) is 0 Å². The standard InChI is InChI=1S/C18H13BrClNO2S2/c1-23-16-7-4-13(19)8-12(16)9-15-17(22)25-18(21-15)24-10-11-2-5-14(20)6-3-11/h2-9H,10H2,1H3. The maximum atomic E-state index is 12.2. The Labute approximate surface area is 168 Å². The van der Waals surface area contributed by atoms with Gasteiger partial charge < -0.3 is 4.74 Å². The van der Waals surface area contributed by atoms with Crippen LogP contribution in [0.15, 0.2) is 57.6 Å². The quantitative estimate of drug-likeness (QED) is 0.530. The number of carbonyl (C=O) groups is 1. The summed E-state index contributed by atoms with van der Waals surface area (Å²) in [4.78, 5) is 16.7. The summed E-state index contributed by atoms with van der Waals surface area (Å²) in [6.45, 7) is 0. The predicted molar refractivity (Wildman–Crippen MR) is 111 cm³/mol. The SMILES string of the molecule is COc1ccc(Br)cc1C=C1N=C(SCc2ccc(Cl)cc2)SC1=O. The maximum Gasteiger partial charge on any atom is 0.244 e. The van der Waals surface area contributed by atoms with Gasteiger partial charge in [0.15, 0.2) is 0 Å². The van der Waals surface area contributed by atoms with Crippen molar-refractivity contribution in [3.05, 3.63) is 68.8 Å². The van der Waals surface area contributed by atoms with E-state index < -0.39 is 0 Å². The number of aliphatic imine (C=N–C) groups is 1. The average Bonchev–Trinajstić information content (AvgIpc) is 2.94. The van der Waals surface area contributed by atoms with E-state index >= 15 is 0 Å². The van der Waals surface area contributed by atoms with Gasteiger partial charge in [-0.25, -0.2) is 4.99 Å². The molecule has 0 aromatic heterocycles. The Balaban J connectivity index is 1.76. The van der Waals surface area contributed by atoms with Gasteiger partial charge in [-0.1, -0.05) is 51.4 Å². The van der Waals surface area contributed by atoms with E-state index in [1.165, 1.54) is 0 Å². The molecule has 3 rings (SSSR count). The van der Waals surface area contributed by atoms with Gasteiger partial charge in [0.1, 0.15) is 15.8 Å². The average molecular weight is 455 g/mol. The highest BCUT2D eigenvalue weighted by Gasteiger charge is 2.23. The van der Waals surface area contributed by atoms with Gasteiger partial charge in [0.05, 0.1) is 7.11 Å². The lowest BCUT2D eigenvalue weighted by Gasteiger charge is -2.05. The molecular formula is C18H13BrClNO2S2. The Morgan fingerprint density at radius 2 is 2.04 bits per heavy atom. The highest BCUT2D eigenvalue weighted by molar-refractivity contribution is 9.10. The minimum absolute atomic E-state index is 0.0550. The van der Waals surface area contributed by atoms with Crippen molar-refractivity contribution in [3.8, 4) is 5.75 Å². The van der Waals surface area contributed by atoms with Crippen LogP contribution in [0.25, 0.3) is 6.08 Å². The molecule has 25 heavy (non-hydrogen) atoms. The van der Waals surface area contributed by atoms with Crippen LogP contribution in [0.1, 0.15) is 11.1 Å². The second kappa shape index (κ2) is 8.45. The van der Waals surface area contributed by atoms with Crippen LogP contribution in [0.2, 0.25) is 5.02 Å². The Bertz CT molecular complexity index is 866. The molecule has 0 bridgehead atoms. The van der Waals surface area contributed by atoms with Gasteiger partial charge >= 0.3 is 0 Å². The zero-order valence-electron chi connectivity index (χ0n) is 13.2. The molecule has 0 aliphatic carbocycles. The first-order valence-electron chi connectivity index (χ1n) is 7.28. The molecule has 0 amide bonds. The fraction of sp³-hybridized carbons (Fsp3) is 0.111. The molecule has 0 fully saturated rings. The molecule has 3 nitrogen and oxygen atoms in total. The van der Waals surface area contributed by atoms with Crippen molar-refractivity contribution in [3.63, 3.8) is 0 Å². The summed E-state index contributed by atoms with van der Waals surface area (Å²) in [5.74, 6) is 1.44. The Hall–Kier alpha value is -1.21. The molecule has 0 saturated carbocycles. The Kier molecular flexibility index (Phi) is 6.28. The largest absolute Gasteiger partial charge is 0.496 e. The summed E-state index contributed by atoms with van der Waals surface area (Å²) < 4.78 is 7.01. The summed E-state index contributed by atoms with van der Waals surface area (Å²) in [5.41, 5.74) is 2.38. The summed E-state index contributed by atoms with van der Waals surface area (Å²) in [5, 5.41) is 0.658. The number of nitrogens with zero attached hydrogens (tertiary/aromatic N) is 1. The van der Waals surface area contributed by atoms with Crippen LogP contribution in [-0.2, 0) is 10.5 Å². The Morgan fingerprint density at radius 1 is 1.28 bits per heavy atom. The number of thioether (sulfide) groups is 2. The van der Waals surface area contributed by atoms with E-state index in [2.05, 4.69) is 20.9 Å². The van der Waals surface area contributed by atoms with Gasteiger partial charge in [-0.05, 0) is 53.7 Å². The van der Waals surface area contributed by atoms with E-state index in [0.29, 0.717) is 16.5 Å². The zero-order valence-corrected chi connectivity index (χ0v) is 17.1. The van der Waals surface area contributed by atoms with Crippen molar-refractivity contribution in [2.24, 2.45) is 4.99 Å². The molecule has 7 heteroatoms. The number of halogens is 2. The third kappa shape index (κ3) is 4.91. The van der Waals surface area contributed by atoms with E-state index in [0.717, 1.165) is 37.5 Å². The molecule has 1 heterocycles. The molecule has 0 radical (unpaired) electrons. The first-order chi connectivity index (χ1) is 12.0. The third-order valence-corrected chi connectivity index (χ3v) is 6.19. The van der Waals surface area contributed by atoms with E-state index in [9.17, 15) is 4.79 Å². The fourth-order valence-corrected chi connectivity index (χ4v) is 4.44. The minimum atomic E-state index is -0.0550. The van der Waals surface area contributed by atoms with Crippen LogP contribution in [0.3, 0.4) is 0 Å². The normalized spacial score (nSPS) is 15.6. The van der Waals surface area contributed by atoms with Crippen molar-refractivity contribution >= 4 is 66.6 Å². The van der Waals surface area contributed by atoms with Crippen LogP contribution >= 0.6 is 51.1 Å². The molecule has 0 atom stereocenters. The number of benzene rings is 2. The van der Waals surface area contributed by atoms with Crippen LogP contribution in [0.5, 0.6) is 5.75 Å². The van der Waals surface area contributed by atoms with Gasteiger partial charge in [0.2, 0.25) is 5.12 Å². The lowest BCUT2D eigenvalue weighted by molar-refractivity contribution is -0.107. The molecule has 0 unspecified atom stereocenters. The van der Waals surface area contributed by atoms with Crippen LogP contribution in [0, 0.1) is 0 Å². The summed E-state index contributed by atoms with van der Waals surface area (Å²) in [7, 11) is 1.60. The molecule has 1 aliphatic heterocycles. The fourth-order valence-electron chi connectivity index (χ4n) is 2.14. The van der Waals surface area contributed by atoms with E-state index in [4.69, 9.17) is 16.3 Å². The molecule has 1 aliphatic rings. The van der Waals surface area contributed by atoms with Crippen LogP contribution in [-0.4, -0.2) is 16.6 Å². The van der Waals surface area contributed by atoms with Crippen molar-refractivity contribution in [1.29, 1.82) is 0 Å². The van der Waals surface area contributed by atoms with Gasteiger partial charge in [-0.2, -0.15) is 0 Å². The van der Waals surface area contributed by atoms with Crippen LogP contribution in [0.4, 0.5) is 0 Å². The number of methoxy groups -OCH3 is 1. The number of rotatable bonds is 4. The van der Waals surface area contributed by atoms with Crippen molar-refractivity contribution < 1.29 is 9.53 Å². The van der Waals surface area contributed by atoms with E-state index in [1.807, 2.05) is 42.5 Å². The monoisotopic (exact) mass is 453 g/mol. The smallest absolute Gasteiger partial charge is 0.244 e. The second-order valence-electron chi connectivity index (χ2n) is 5.10. The van der Waals surface area contributed by atoms with E-state index in [-0.39, 0.29) is 5.12 Å². The number of hydrogen-bond donors (Lipinski definition) is 0. The number of hydrogen-bond acceptors (Lipinski definition) is 5. The Morgan fingerprint density at radius 3 is 2.76 bits per heavy atom. The lowest BCUT2D eigenvalue weighted by atomic mass is 10.1. The molecule has 2 aromatic carbocycles. The topological polar surface area (TPSA) is 38.7 Å². The second-order valence-corrected chi connectivity index (χ2v) is 8.63. The highest BCUT2D eigenvalue weighted by Crippen LogP contribution is 2.34. The lowest BCUT2D eigenvalue weighted by Crippen LogP contribution is -1.91. The molecule has 0 spiro atoms. The molecule has 0 saturated heterocycles. The summed E-state index contributed by atoms with van der Waals surface area (Å²) in [6.07, 6.45) is 1.76. The van der Waals surface area contributed by atoms with Gasteiger partial charge in [0.25, 0.3) is 0 Å². The van der Waals surface area contributed by atoms with Gasteiger partial charge in [-0.3, -0.25) is 4.79 Å². The first-order valence-corrected chi connectivity index (χ1v) is 10.3. The van der Waals surface area contributed by atoms with Crippen molar-refractivity contribution in [2.75, 3.05) is 7.11 Å². The first kappa shape index (κ1) is 18.6. The van der Waals surface area contributed by atoms with E-state index in [1.54, 1.807) is 24.9 Å². The minimum Gasteiger partial charge on any atom is -0.496 e. The predicted octanol–water partition coefficient (Wildman–Crippen LogP) is 6.01. The van der Waals surface area contributed by atoms with Gasteiger partial charge in [0, 0.05) is 20.8 Å². The highest BCUT2D eigenvalue weighted by atomic mass is 79.9.